The summed E-state index contributed by atoms with van der Waals surface area (Å²) in [6, 6.07) is 0. The zero-order chi connectivity index (χ0) is 11.0. The molecule has 0 aromatic heterocycles. The van der Waals surface area contributed by atoms with Crippen LogP contribution in [-0.4, -0.2) is 26.8 Å². The van der Waals surface area contributed by atoms with E-state index in [4.69, 9.17) is 4.74 Å². The van der Waals surface area contributed by atoms with Crippen molar-refractivity contribution in [1.29, 1.82) is 0 Å². The van der Waals surface area contributed by atoms with Crippen LogP contribution in [0.5, 0.6) is 0 Å². The Labute approximate surface area is 89.4 Å². The highest BCUT2D eigenvalue weighted by atomic mass is 16.5. The monoisotopic (exact) mass is 201 g/mol. The largest absolute Gasteiger partial charge is 0.385 e. The molecule has 0 heterocycles. The van der Waals surface area contributed by atoms with Gasteiger partial charge in [0.2, 0.25) is 0 Å². The lowest BCUT2D eigenvalue weighted by Gasteiger charge is -2.25. The van der Waals surface area contributed by atoms with Crippen LogP contribution < -0.4 is 5.32 Å². The number of methoxy groups -OCH3 is 1. The Bertz CT molecular complexity index is 115. The Kier molecular flexibility index (Phi) is 8.20. The summed E-state index contributed by atoms with van der Waals surface area (Å²) in [5, 5.41) is 3.50. The quantitative estimate of drug-likeness (QED) is 0.609. The summed E-state index contributed by atoms with van der Waals surface area (Å²) in [4.78, 5) is 0. The second kappa shape index (κ2) is 8.25. The number of nitrogens with one attached hydrogen (secondary N) is 1. The molecule has 0 rings (SSSR count). The lowest BCUT2D eigenvalue weighted by atomic mass is 9.85. The highest BCUT2D eigenvalue weighted by molar-refractivity contribution is 4.69. The maximum Gasteiger partial charge on any atom is 0.0474 e. The predicted octanol–water partition coefficient (Wildman–Crippen LogP) is 2.54. The van der Waals surface area contributed by atoms with E-state index in [1.807, 2.05) is 0 Å². The van der Waals surface area contributed by atoms with Crippen molar-refractivity contribution in [2.75, 3.05) is 26.8 Å². The van der Waals surface area contributed by atoms with Gasteiger partial charge in [-0.2, -0.15) is 0 Å². The molecule has 0 amide bonds. The minimum Gasteiger partial charge on any atom is -0.385 e. The molecule has 1 N–H and O–H groups in total. The van der Waals surface area contributed by atoms with Crippen LogP contribution in [0.15, 0.2) is 0 Å². The molecule has 0 aromatic carbocycles. The van der Waals surface area contributed by atoms with Gasteiger partial charge in [0.15, 0.2) is 0 Å². The average Bonchev–Trinajstić information content (AvgIpc) is 2.09. The summed E-state index contributed by atoms with van der Waals surface area (Å²) >= 11 is 0. The molecule has 0 bridgehead atoms. The second-order valence-electron chi connectivity index (χ2n) is 4.70. The smallest absolute Gasteiger partial charge is 0.0474 e. The van der Waals surface area contributed by atoms with Crippen LogP contribution in [0, 0.1) is 17.8 Å². The van der Waals surface area contributed by atoms with Crippen LogP contribution in [0.2, 0.25) is 0 Å². The first-order chi connectivity index (χ1) is 6.59. The zero-order valence-corrected chi connectivity index (χ0v) is 10.5. The van der Waals surface area contributed by atoms with Crippen LogP contribution in [-0.2, 0) is 4.74 Å². The normalized spacial score (nSPS) is 12.0. The Morgan fingerprint density at radius 2 is 1.64 bits per heavy atom. The first-order valence-corrected chi connectivity index (χ1v) is 5.79. The fourth-order valence-electron chi connectivity index (χ4n) is 1.85. The Hall–Kier alpha value is -0.0800. The van der Waals surface area contributed by atoms with Gasteiger partial charge in [0.05, 0.1) is 0 Å². The molecule has 86 valence electrons. The molecular formula is C12H27NO. The number of rotatable bonds is 8. The van der Waals surface area contributed by atoms with E-state index in [0.29, 0.717) is 0 Å². The van der Waals surface area contributed by atoms with Gasteiger partial charge < -0.3 is 10.1 Å². The van der Waals surface area contributed by atoms with Gasteiger partial charge in [-0.05, 0) is 37.3 Å². The summed E-state index contributed by atoms with van der Waals surface area (Å²) in [6.07, 6.45) is 1.11. The lowest BCUT2D eigenvalue weighted by Crippen LogP contribution is -2.30. The van der Waals surface area contributed by atoms with Gasteiger partial charge in [-0.3, -0.25) is 0 Å². The van der Waals surface area contributed by atoms with Gasteiger partial charge >= 0.3 is 0 Å². The molecular weight excluding hydrogens is 174 g/mol. The van der Waals surface area contributed by atoms with E-state index in [1.165, 1.54) is 0 Å². The fourth-order valence-corrected chi connectivity index (χ4v) is 1.85. The van der Waals surface area contributed by atoms with E-state index in [-0.39, 0.29) is 0 Å². The SMILES string of the molecule is COCCCNCC(C(C)C)C(C)C. The maximum absolute atomic E-state index is 5.00. The van der Waals surface area contributed by atoms with E-state index < -0.39 is 0 Å². The average molecular weight is 201 g/mol. The van der Waals surface area contributed by atoms with E-state index in [2.05, 4.69) is 33.0 Å². The molecule has 2 nitrogen and oxygen atoms in total. The topological polar surface area (TPSA) is 21.3 Å². The van der Waals surface area contributed by atoms with Crippen molar-refractivity contribution < 1.29 is 4.74 Å². The number of hydrogen-bond donors (Lipinski definition) is 1. The Morgan fingerprint density at radius 1 is 1.07 bits per heavy atom. The highest BCUT2D eigenvalue weighted by Crippen LogP contribution is 2.19. The van der Waals surface area contributed by atoms with Crippen molar-refractivity contribution in [2.45, 2.75) is 34.1 Å². The van der Waals surface area contributed by atoms with Crippen LogP contribution >= 0.6 is 0 Å². The van der Waals surface area contributed by atoms with E-state index in [9.17, 15) is 0 Å². The van der Waals surface area contributed by atoms with Gasteiger partial charge in [-0.15, -0.1) is 0 Å². The van der Waals surface area contributed by atoms with Crippen LogP contribution in [0.1, 0.15) is 34.1 Å². The Morgan fingerprint density at radius 3 is 2.07 bits per heavy atom. The molecule has 0 unspecified atom stereocenters. The third kappa shape index (κ3) is 6.39. The minimum absolute atomic E-state index is 0.768. The van der Waals surface area contributed by atoms with Crippen LogP contribution in [0.3, 0.4) is 0 Å². The molecule has 0 aliphatic rings. The molecule has 0 aromatic rings. The summed E-state index contributed by atoms with van der Waals surface area (Å²) < 4.78 is 5.00. The molecule has 0 spiro atoms. The first kappa shape index (κ1) is 13.9. The maximum atomic E-state index is 5.00. The standard InChI is InChI=1S/C12H27NO/c1-10(2)12(11(3)4)9-13-7-6-8-14-5/h10-13H,6-9H2,1-5H3. The van der Waals surface area contributed by atoms with Crippen molar-refractivity contribution in [2.24, 2.45) is 17.8 Å². The summed E-state index contributed by atoms with van der Waals surface area (Å²) in [7, 11) is 1.75. The summed E-state index contributed by atoms with van der Waals surface area (Å²) in [5.41, 5.74) is 0. The van der Waals surface area contributed by atoms with Crippen LogP contribution in [0.25, 0.3) is 0 Å². The van der Waals surface area contributed by atoms with E-state index in [1.54, 1.807) is 7.11 Å². The molecule has 14 heavy (non-hydrogen) atoms. The van der Waals surface area contributed by atoms with Gasteiger partial charge in [0.1, 0.15) is 0 Å². The zero-order valence-electron chi connectivity index (χ0n) is 10.5. The van der Waals surface area contributed by atoms with Crippen molar-refractivity contribution in [3.05, 3.63) is 0 Å². The van der Waals surface area contributed by atoms with Gasteiger partial charge in [-0.25, -0.2) is 0 Å². The van der Waals surface area contributed by atoms with Crippen molar-refractivity contribution in [3.8, 4) is 0 Å². The molecule has 0 saturated heterocycles. The van der Waals surface area contributed by atoms with Crippen molar-refractivity contribution in [3.63, 3.8) is 0 Å². The fraction of sp³-hybridized carbons (Fsp3) is 1.00. The molecule has 0 aliphatic carbocycles. The van der Waals surface area contributed by atoms with E-state index in [0.717, 1.165) is 43.9 Å². The van der Waals surface area contributed by atoms with Crippen molar-refractivity contribution >= 4 is 0 Å². The molecule has 0 radical (unpaired) electrons. The van der Waals surface area contributed by atoms with Crippen molar-refractivity contribution in [1.82, 2.24) is 5.32 Å². The molecule has 2 heteroatoms. The number of ether oxygens (including phenoxy) is 1. The van der Waals surface area contributed by atoms with Crippen LogP contribution in [0.4, 0.5) is 0 Å². The molecule has 0 aliphatic heterocycles. The second-order valence-corrected chi connectivity index (χ2v) is 4.70. The summed E-state index contributed by atoms with van der Waals surface area (Å²) in [5.74, 6) is 2.33. The first-order valence-electron chi connectivity index (χ1n) is 5.79. The predicted molar refractivity (Wildman–Crippen MR) is 62.5 cm³/mol. The third-order valence-corrected chi connectivity index (χ3v) is 2.79. The molecule has 0 atom stereocenters. The molecule has 0 fully saturated rings. The van der Waals surface area contributed by atoms with Gasteiger partial charge in [0, 0.05) is 13.7 Å². The van der Waals surface area contributed by atoms with E-state index >= 15 is 0 Å². The summed E-state index contributed by atoms with van der Waals surface area (Å²) in [6.45, 7) is 12.3. The highest BCUT2D eigenvalue weighted by Gasteiger charge is 2.16. The Balaban J connectivity index is 3.52. The number of hydrogen-bond acceptors (Lipinski definition) is 2. The lowest BCUT2D eigenvalue weighted by molar-refractivity contribution is 0.192. The third-order valence-electron chi connectivity index (χ3n) is 2.79. The minimum atomic E-state index is 0.768. The molecule has 0 saturated carbocycles. The van der Waals surface area contributed by atoms with Gasteiger partial charge in [-0.1, -0.05) is 27.7 Å². The van der Waals surface area contributed by atoms with Gasteiger partial charge in [0.25, 0.3) is 0 Å².